The van der Waals surface area contributed by atoms with Crippen LogP contribution in [0.3, 0.4) is 0 Å². The monoisotopic (exact) mass is 411 g/mol. The molecule has 1 saturated heterocycles. The van der Waals surface area contributed by atoms with Gasteiger partial charge >= 0.3 is 0 Å². The van der Waals surface area contributed by atoms with E-state index >= 15 is 0 Å². The van der Waals surface area contributed by atoms with Gasteiger partial charge in [0.1, 0.15) is 23.6 Å². The van der Waals surface area contributed by atoms with Crippen molar-refractivity contribution >= 4 is 22.9 Å². The number of anilines is 1. The highest BCUT2D eigenvalue weighted by atomic mass is 16.6. The van der Waals surface area contributed by atoms with Crippen LogP contribution in [0.1, 0.15) is 30.4 Å². The Morgan fingerprint density at radius 2 is 1.90 bits per heavy atom. The molecule has 30 heavy (non-hydrogen) atoms. The maximum Gasteiger partial charge on any atom is 0.256 e. The van der Waals surface area contributed by atoms with E-state index in [4.69, 9.17) is 4.74 Å². The van der Waals surface area contributed by atoms with Crippen molar-refractivity contribution in [2.75, 3.05) is 11.9 Å². The summed E-state index contributed by atoms with van der Waals surface area (Å²) < 4.78 is 7.27. The van der Waals surface area contributed by atoms with Crippen LogP contribution < -0.4 is 5.32 Å². The van der Waals surface area contributed by atoms with Crippen molar-refractivity contribution in [1.82, 2.24) is 19.5 Å². The molecule has 2 aromatic heterocycles. The quantitative estimate of drug-likeness (QED) is 0.485. The number of hydrogen-bond acceptors (Lipinski definition) is 8. The summed E-state index contributed by atoms with van der Waals surface area (Å²) in [5.41, 5.74) is -3.07. The van der Waals surface area contributed by atoms with Crippen molar-refractivity contribution < 1.29 is 24.9 Å². The normalized spacial score (nSPS) is 31.5. The number of ether oxygens (including phenoxy) is 1. The highest BCUT2D eigenvalue weighted by Crippen LogP contribution is 2.75. The lowest BCUT2D eigenvalue weighted by Crippen LogP contribution is -2.36. The number of hydrogen-bond donors (Lipinski definition) is 4. The Hall–Kier alpha value is -2.92. The number of benzene rings is 1. The van der Waals surface area contributed by atoms with Gasteiger partial charge in [-0.25, -0.2) is 15.0 Å². The number of aliphatic hydroxyl groups excluding tert-OH is 1. The molecule has 1 aliphatic heterocycles. The summed E-state index contributed by atoms with van der Waals surface area (Å²) in [5.74, 6) is -0.138. The summed E-state index contributed by atoms with van der Waals surface area (Å²) in [6, 6.07) is 8.69. The van der Waals surface area contributed by atoms with E-state index < -0.39 is 35.6 Å². The number of fused-ring (bicyclic) bond motifs is 2. The van der Waals surface area contributed by atoms with Crippen molar-refractivity contribution in [3.8, 4) is 0 Å². The topological polar surface area (TPSA) is 143 Å². The number of carbonyl (C=O) groups excluding carboxylic acids is 1. The number of nitrogens with zero attached hydrogens (tertiary/aromatic N) is 4. The van der Waals surface area contributed by atoms with E-state index in [0.717, 1.165) is 0 Å². The molecule has 1 aromatic carbocycles. The summed E-state index contributed by atoms with van der Waals surface area (Å²) in [7, 11) is 0. The third-order valence-electron chi connectivity index (χ3n) is 6.59. The predicted molar refractivity (Wildman–Crippen MR) is 104 cm³/mol. The molecule has 3 aromatic rings. The Kier molecular flexibility index (Phi) is 3.84. The van der Waals surface area contributed by atoms with E-state index in [0.29, 0.717) is 16.7 Å². The van der Waals surface area contributed by atoms with Gasteiger partial charge in [0.25, 0.3) is 5.91 Å². The number of aliphatic hydroxyl groups is 3. The Morgan fingerprint density at radius 1 is 1.17 bits per heavy atom. The van der Waals surface area contributed by atoms with Gasteiger partial charge in [-0.2, -0.15) is 0 Å². The number of aromatic nitrogens is 4. The first-order chi connectivity index (χ1) is 14.3. The molecule has 4 atom stereocenters. The molecule has 4 N–H and O–H groups in total. The van der Waals surface area contributed by atoms with Crippen molar-refractivity contribution in [2.24, 2.45) is 5.41 Å². The molecular weight excluding hydrogens is 390 g/mol. The number of carbonyl (C=O) groups is 1. The molecule has 156 valence electrons. The van der Waals surface area contributed by atoms with Crippen LogP contribution in [0.15, 0.2) is 43.0 Å². The van der Waals surface area contributed by atoms with Gasteiger partial charge < -0.3 is 25.4 Å². The smallest absolute Gasteiger partial charge is 0.256 e. The molecule has 2 aliphatic rings. The molecule has 10 nitrogen and oxygen atoms in total. The van der Waals surface area contributed by atoms with Crippen LogP contribution in [-0.2, 0) is 4.74 Å². The van der Waals surface area contributed by atoms with E-state index in [1.54, 1.807) is 38.1 Å². The summed E-state index contributed by atoms with van der Waals surface area (Å²) in [6.07, 6.45) is 0.703. The SMILES string of the molecule is CC1(C)[C@]2(O)C(n3cnc4c(NC(=O)c5ccccc5)ncnc43)OC(CO)[C@]12O. The largest absolute Gasteiger partial charge is 0.394 e. The molecule has 3 heterocycles. The predicted octanol–water partition coefficient (Wildman–Crippen LogP) is 0.470. The standard InChI is InChI=1S/C20H21N5O5/c1-18(2)19(28)12(8-26)30-17(20(18,19)29)25-10-23-13-14(21-9-22-15(13)25)24-16(27)11-6-4-3-5-7-11/h3-7,9-10,12,17,26,28-29H,8H2,1-2H3,(H,21,22,24,27)/t12?,17?,19-,20+/m0/s1. The fourth-order valence-electron chi connectivity index (χ4n) is 4.72. The zero-order valence-electron chi connectivity index (χ0n) is 16.4. The van der Waals surface area contributed by atoms with E-state index in [9.17, 15) is 20.1 Å². The minimum Gasteiger partial charge on any atom is -0.394 e. The summed E-state index contributed by atoms with van der Waals surface area (Å²) in [6.45, 7) is 2.98. The first kappa shape index (κ1) is 19.1. The number of rotatable bonds is 4. The molecule has 0 radical (unpaired) electrons. The van der Waals surface area contributed by atoms with Crippen molar-refractivity contribution in [3.05, 3.63) is 48.5 Å². The average molecular weight is 411 g/mol. The summed E-state index contributed by atoms with van der Waals surface area (Å²) in [5, 5.41) is 34.6. The lowest BCUT2D eigenvalue weighted by molar-refractivity contribution is -0.123. The van der Waals surface area contributed by atoms with Crippen LogP contribution in [0.25, 0.3) is 11.2 Å². The minimum absolute atomic E-state index is 0.210. The lowest BCUT2D eigenvalue weighted by Gasteiger charge is -2.26. The summed E-state index contributed by atoms with van der Waals surface area (Å²) in [4.78, 5) is 25.2. The van der Waals surface area contributed by atoms with Crippen LogP contribution in [-0.4, -0.2) is 64.7 Å². The number of nitrogens with one attached hydrogen (secondary N) is 1. The van der Waals surface area contributed by atoms with Crippen LogP contribution in [0.4, 0.5) is 5.82 Å². The maximum atomic E-state index is 12.5. The zero-order chi connectivity index (χ0) is 21.3. The third kappa shape index (κ3) is 2.11. The molecule has 1 saturated carbocycles. The average Bonchev–Trinajstić information content (AvgIpc) is 3.11. The molecule has 2 unspecified atom stereocenters. The van der Waals surface area contributed by atoms with Crippen molar-refractivity contribution in [1.29, 1.82) is 0 Å². The fraction of sp³-hybridized carbons (Fsp3) is 0.400. The lowest BCUT2D eigenvalue weighted by atomic mass is 10.0. The van der Waals surface area contributed by atoms with Gasteiger partial charge in [-0.3, -0.25) is 9.36 Å². The van der Waals surface area contributed by atoms with Crippen LogP contribution >= 0.6 is 0 Å². The second kappa shape index (κ2) is 6.05. The van der Waals surface area contributed by atoms with Gasteiger partial charge in [-0.1, -0.05) is 32.0 Å². The molecule has 0 spiro atoms. The van der Waals surface area contributed by atoms with E-state index in [2.05, 4.69) is 20.3 Å². The molecule has 1 aliphatic carbocycles. The molecular formula is C20H21N5O5. The second-order valence-electron chi connectivity index (χ2n) is 8.18. The molecule has 2 fully saturated rings. The number of imidazole rings is 1. The van der Waals surface area contributed by atoms with Gasteiger partial charge in [-0.05, 0) is 12.1 Å². The van der Waals surface area contributed by atoms with Crippen molar-refractivity contribution in [2.45, 2.75) is 37.4 Å². The van der Waals surface area contributed by atoms with E-state index in [1.165, 1.54) is 17.2 Å². The van der Waals surface area contributed by atoms with Gasteiger partial charge in [0, 0.05) is 11.0 Å². The Labute approximate surface area is 171 Å². The van der Waals surface area contributed by atoms with Crippen LogP contribution in [0, 0.1) is 5.41 Å². The van der Waals surface area contributed by atoms with Crippen LogP contribution in [0.5, 0.6) is 0 Å². The first-order valence-corrected chi connectivity index (χ1v) is 9.52. The maximum absolute atomic E-state index is 12.5. The van der Waals surface area contributed by atoms with Gasteiger partial charge in [-0.15, -0.1) is 0 Å². The third-order valence-corrected chi connectivity index (χ3v) is 6.59. The van der Waals surface area contributed by atoms with Gasteiger partial charge in [0.15, 0.2) is 23.2 Å². The second-order valence-corrected chi connectivity index (χ2v) is 8.18. The fourth-order valence-corrected chi connectivity index (χ4v) is 4.72. The van der Waals surface area contributed by atoms with Gasteiger partial charge in [0.05, 0.1) is 12.9 Å². The Morgan fingerprint density at radius 3 is 2.57 bits per heavy atom. The first-order valence-electron chi connectivity index (χ1n) is 9.52. The van der Waals surface area contributed by atoms with E-state index in [-0.39, 0.29) is 11.7 Å². The highest BCUT2D eigenvalue weighted by Gasteiger charge is 2.92. The molecule has 5 rings (SSSR count). The molecule has 0 bridgehead atoms. The van der Waals surface area contributed by atoms with Gasteiger partial charge in [0.2, 0.25) is 0 Å². The van der Waals surface area contributed by atoms with Crippen molar-refractivity contribution in [3.63, 3.8) is 0 Å². The number of amides is 1. The zero-order valence-corrected chi connectivity index (χ0v) is 16.4. The van der Waals surface area contributed by atoms with Crippen LogP contribution in [0.2, 0.25) is 0 Å². The summed E-state index contributed by atoms with van der Waals surface area (Å²) >= 11 is 0. The van der Waals surface area contributed by atoms with E-state index in [1.807, 2.05) is 6.07 Å². The Bertz CT molecular complexity index is 1150. The molecule has 1 amide bonds. The highest BCUT2D eigenvalue weighted by molar-refractivity contribution is 6.06. The Balaban J connectivity index is 1.53. The minimum atomic E-state index is -1.64. The molecule has 10 heteroatoms.